The van der Waals surface area contributed by atoms with Crippen LogP contribution in [-0.2, 0) is 19.6 Å². The summed E-state index contributed by atoms with van der Waals surface area (Å²) in [7, 11) is 0. The van der Waals surface area contributed by atoms with Crippen molar-refractivity contribution >= 4 is 27.5 Å². The van der Waals surface area contributed by atoms with Gasteiger partial charge in [0.2, 0.25) is 0 Å². The average molecular weight is 437 g/mol. The predicted octanol–water partition coefficient (Wildman–Crippen LogP) is 6.59. The van der Waals surface area contributed by atoms with Crippen LogP contribution in [0.2, 0.25) is 0 Å². The molecule has 0 N–H and O–H groups in total. The second-order valence-corrected chi connectivity index (χ2v) is 8.85. The number of carbonyl (C=O) groups excluding carboxylic acids is 1. The Morgan fingerprint density at radius 3 is 1.81 bits per heavy atom. The fourth-order valence-electron chi connectivity index (χ4n) is 4.06. The Morgan fingerprint density at radius 1 is 0.719 bits per heavy atom. The normalized spacial score (nSPS) is 11.0. The van der Waals surface area contributed by atoms with Crippen molar-refractivity contribution in [2.75, 3.05) is 0 Å². The van der Waals surface area contributed by atoms with E-state index < -0.39 is 0 Å². The van der Waals surface area contributed by atoms with Crippen molar-refractivity contribution in [2.24, 2.45) is 0 Å². The number of carbonyl (C=O) groups is 1. The summed E-state index contributed by atoms with van der Waals surface area (Å²) in [6.07, 6.45) is 0. The third-order valence-electron chi connectivity index (χ3n) is 5.65. The van der Waals surface area contributed by atoms with Crippen molar-refractivity contribution in [3.63, 3.8) is 0 Å². The predicted molar refractivity (Wildman–Crippen MR) is 132 cm³/mol. The van der Waals surface area contributed by atoms with Crippen LogP contribution in [0.4, 0.5) is 0 Å². The molecule has 0 aliphatic heterocycles. The largest absolute Gasteiger partial charge is 0.331 e. The van der Waals surface area contributed by atoms with E-state index in [2.05, 4.69) is 52.4 Å². The van der Waals surface area contributed by atoms with Crippen LogP contribution < -0.4 is 0 Å². The fraction of sp³-hybridized carbons (Fsp3) is 0.107. The molecular weight excluding hydrogens is 412 g/mol. The molecule has 0 fully saturated rings. The van der Waals surface area contributed by atoms with Crippen LogP contribution >= 0.6 is 11.3 Å². The van der Waals surface area contributed by atoms with Crippen LogP contribution in [0.25, 0.3) is 10.2 Å². The molecule has 2 aromatic heterocycles. The third-order valence-corrected chi connectivity index (χ3v) is 6.50. The fourth-order valence-corrected chi connectivity index (χ4v) is 4.88. The van der Waals surface area contributed by atoms with Crippen LogP contribution in [0.15, 0.2) is 109 Å². The Balaban J connectivity index is 1.52. The maximum atomic E-state index is 13.9. The molecule has 0 spiro atoms. The lowest BCUT2D eigenvalue weighted by Gasteiger charge is -2.24. The monoisotopic (exact) mass is 436 g/mol. The number of amides is 1. The molecule has 2 heterocycles. The molecule has 5 rings (SSSR count). The molecule has 0 atom stereocenters. The molecule has 3 aromatic carbocycles. The van der Waals surface area contributed by atoms with Gasteiger partial charge in [-0.15, -0.1) is 11.3 Å². The van der Waals surface area contributed by atoms with E-state index in [1.165, 1.54) is 5.56 Å². The minimum absolute atomic E-state index is 0.0528. The quantitative estimate of drug-likeness (QED) is 0.282. The smallest absolute Gasteiger partial charge is 0.271 e. The highest BCUT2D eigenvalue weighted by Crippen LogP contribution is 2.28. The van der Waals surface area contributed by atoms with Crippen molar-refractivity contribution < 1.29 is 4.79 Å². The average Bonchev–Trinajstić information content (AvgIpc) is 3.43. The second kappa shape index (κ2) is 9.25. The van der Waals surface area contributed by atoms with Gasteiger partial charge in [0.25, 0.3) is 5.91 Å². The number of aromatic nitrogens is 1. The minimum atomic E-state index is 0.0528. The molecule has 5 aromatic rings. The lowest BCUT2D eigenvalue weighted by Crippen LogP contribution is -2.31. The summed E-state index contributed by atoms with van der Waals surface area (Å²) in [4.78, 5) is 15.9. The highest BCUT2D eigenvalue weighted by molar-refractivity contribution is 7.17. The van der Waals surface area contributed by atoms with Gasteiger partial charge in [-0.25, -0.2) is 0 Å². The number of nitrogens with zero attached hydrogens (tertiary/aromatic N) is 2. The highest BCUT2D eigenvalue weighted by Gasteiger charge is 2.23. The van der Waals surface area contributed by atoms with Gasteiger partial charge in [-0.2, -0.15) is 0 Å². The zero-order valence-corrected chi connectivity index (χ0v) is 18.5. The molecule has 3 nitrogen and oxygen atoms in total. The Kier molecular flexibility index (Phi) is 5.86. The van der Waals surface area contributed by atoms with Gasteiger partial charge >= 0.3 is 0 Å². The van der Waals surface area contributed by atoms with Crippen molar-refractivity contribution in [3.05, 3.63) is 131 Å². The molecule has 0 saturated carbocycles. The van der Waals surface area contributed by atoms with E-state index in [-0.39, 0.29) is 5.91 Å². The maximum Gasteiger partial charge on any atom is 0.271 e. The van der Waals surface area contributed by atoms with Gasteiger partial charge in [0, 0.05) is 19.6 Å². The molecular formula is C28H24N2OS. The number of thiophene rings is 1. The number of rotatable bonds is 7. The molecule has 158 valence electrons. The summed E-state index contributed by atoms with van der Waals surface area (Å²) in [6.45, 7) is 1.81. The van der Waals surface area contributed by atoms with Crippen molar-refractivity contribution in [1.29, 1.82) is 0 Å². The summed E-state index contributed by atoms with van der Waals surface area (Å²) in [5.41, 5.74) is 5.28. The standard InChI is InChI=1S/C28H24N2OS/c31-28(29(19-22-10-4-1-5-11-22)20-23-12-6-2-7-13-23)26-18-27-25(16-17-32-27)30(26)21-24-14-8-3-9-15-24/h1-18H,19-21H2. The molecule has 32 heavy (non-hydrogen) atoms. The van der Waals surface area contributed by atoms with Crippen molar-refractivity contribution in [3.8, 4) is 0 Å². The molecule has 0 unspecified atom stereocenters. The minimum Gasteiger partial charge on any atom is -0.331 e. The first-order valence-corrected chi connectivity index (χ1v) is 11.6. The second-order valence-electron chi connectivity index (χ2n) is 7.90. The van der Waals surface area contributed by atoms with Crippen LogP contribution in [0.1, 0.15) is 27.2 Å². The van der Waals surface area contributed by atoms with Gasteiger partial charge in [-0.05, 0) is 34.2 Å². The van der Waals surface area contributed by atoms with Gasteiger partial charge < -0.3 is 9.47 Å². The molecule has 1 amide bonds. The van der Waals surface area contributed by atoms with E-state index in [0.717, 1.165) is 27.0 Å². The summed E-state index contributed by atoms with van der Waals surface area (Å²) in [5, 5.41) is 2.09. The van der Waals surface area contributed by atoms with E-state index in [9.17, 15) is 4.79 Å². The summed E-state index contributed by atoms with van der Waals surface area (Å²) >= 11 is 1.68. The van der Waals surface area contributed by atoms with Crippen LogP contribution in [-0.4, -0.2) is 15.4 Å². The summed E-state index contributed by atoms with van der Waals surface area (Å²) < 4.78 is 3.30. The zero-order chi connectivity index (χ0) is 21.8. The van der Waals surface area contributed by atoms with Crippen LogP contribution in [0.5, 0.6) is 0 Å². The van der Waals surface area contributed by atoms with E-state index in [1.54, 1.807) is 11.3 Å². The third kappa shape index (κ3) is 4.36. The molecule has 0 aliphatic rings. The lowest BCUT2D eigenvalue weighted by atomic mass is 10.1. The Morgan fingerprint density at radius 2 is 1.25 bits per heavy atom. The Hall–Kier alpha value is -3.63. The van der Waals surface area contributed by atoms with Crippen molar-refractivity contribution in [2.45, 2.75) is 19.6 Å². The highest BCUT2D eigenvalue weighted by atomic mass is 32.1. The lowest BCUT2D eigenvalue weighted by molar-refractivity contribution is 0.0720. The number of fused-ring (bicyclic) bond motifs is 1. The number of hydrogen-bond donors (Lipinski definition) is 0. The van der Waals surface area contributed by atoms with Crippen LogP contribution in [0, 0.1) is 0 Å². The van der Waals surface area contributed by atoms with E-state index in [1.807, 2.05) is 65.6 Å². The first-order valence-electron chi connectivity index (χ1n) is 10.8. The first-order chi connectivity index (χ1) is 15.8. The topological polar surface area (TPSA) is 25.2 Å². The first kappa shape index (κ1) is 20.3. The summed E-state index contributed by atoms with van der Waals surface area (Å²) in [6, 6.07) is 34.9. The molecule has 0 aliphatic carbocycles. The van der Waals surface area contributed by atoms with E-state index >= 15 is 0 Å². The summed E-state index contributed by atoms with van der Waals surface area (Å²) in [5.74, 6) is 0.0528. The van der Waals surface area contributed by atoms with Crippen LogP contribution in [0.3, 0.4) is 0 Å². The zero-order valence-electron chi connectivity index (χ0n) is 17.7. The van der Waals surface area contributed by atoms with Gasteiger partial charge in [0.05, 0.1) is 10.2 Å². The SMILES string of the molecule is O=C(c1cc2sccc2n1Cc1ccccc1)N(Cc1ccccc1)Cc1ccccc1. The molecule has 0 saturated heterocycles. The van der Waals surface area contributed by atoms with Crippen molar-refractivity contribution in [1.82, 2.24) is 9.47 Å². The molecule has 4 heteroatoms. The maximum absolute atomic E-state index is 13.9. The Bertz CT molecular complexity index is 1270. The van der Waals surface area contributed by atoms with Gasteiger partial charge in [0.15, 0.2) is 0 Å². The van der Waals surface area contributed by atoms with Gasteiger partial charge in [-0.3, -0.25) is 4.79 Å². The van der Waals surface area contributed by atoms with Gasteiger partial charge in [0.1, 0.15) is 5.69 Å². The van der Waals surface area contributed by atoms with Gasteiger partial charge in [-0.1, -0.05) is 91.0 Å². The Labute approximate surface area is 192 Å². The molecule has 0 radical (unpaired) electrons. The number of hydrogen-bond acceptors (Lipinski definition) is 2. The molecule has 0 bridgehead atoms. The number of benzene rings is 3. The van der Waals surface area contributed by atoms with E-state index in [4.69, 9.17) is 0 Å². The van der Waals surface area contributed by atoms with E-state index in [0.29, 0.717) is 19.6 Å².